The van der Waals surface area contributed by atoms with E-state index in [1.54, 1.807) is 0 Å². The Hall–Kier alpha value is -0.610. The van der Waals surface area contributed by atoms with E-state index in [4.69, 9.17) is 0 Å². The van der Waals surface area contributed by atoms with Crippen molar-refractivity contribution < 1.29 is 0 Å². The molecule has 0 aromatic rings. The molecular weight excluding hydrogens is 271 g/mol. The van der Waals surface area contributed by atoms with Crippen LogP contribution in [0, 0.1) is 0 Å². The normalized spacial score (nSPS) is 14.3. The quantitative estimate of drug-likeness (QED) is 0.281. The summed E-state index contributed by atoms with van der Waals surface area (Å²) < 4.78 is 0. The van der Waals surface area contributed by atoms with Crippen LogP contribution in [0.15, 0.2) is 48.6 Å². The van der Waals surface area contributed by atoms with Crippen LogP contribution < -0.4 is 0 Å². The van der Waals surface area contributed by atoms with Gasteiger partial charge in [-0.25, -0.2) is 0 Å². The molecule has 0 spiro atoms. The zero-order valence-electron chi connectivity index (χ0n) is 14.8. The van der Waals surface area contributed by atoms with Crippen molar-refractivity contribution in [2.24, 2.45) is 0 Å². The second kappa shape index (κ2) is 14.3. The van der Waals surface area contributed by atoms with E-state index >= 15 is 0 Å². The average Bonchev–Trinajstić information content (AvgIpc) is 2.48. The maximum absolute atomic E-state index is 2.45. The van der Waals surface area contributed by atoms with Crippen molar-refractivity contribution in [3.05, 3.63) is 48.6 Å². The molecule has 0 atom stereocenters. The summed E-state index contributed by atoms with van der Waals surface area (Å²) in [6.45, 7) is 8.91. The number of hydrogen-bond donors (Lipinski definition) is 0. The van der Waals surface area contributed by atoms with Crippen molar-refractivity contribution in [2.75, 3.05) is 24.6 Å². The Morgan fingerprint density at radius 1 is 0.429 bits per heavy atom. The molecule has 0 radical (unpaired) electrons. The summed E-state index contributed by atoms with van der Waals surface area (Å²) in [5.74, 6) is 0. The van der Waals surface area contributed by atoms with E-state index in [0.717, 1.165) is 25.7 Å². The molecule has 0 N–H and O–H groups in total. The standard InChI is InChI=1S/C20H37P/c1-5-9-13-17-21(18-14-10-6-2,19-15-11-7-3)20-16-12-8-4/h9-16,21H,5-8,17-20H2,1-4H3. The Morgan fingerprint density at radius 3 is 0.857 bits per heavy atom. The fourth-order valence-corrected chi connectivity index (χ4v) is 6.17. The van der Waals surface area contributed by atoms with Gasteiger partial charge in [0.25, 0.3) is 0 Å². The van der Waals surface area contributed by atoms with Crippen molar-refractivity contribution in [1.29, 1.82) is 0 Å². The van der Waals surface area contributed by atoms with Crippen LogP contribution in [0.25, 0.3) is 0 Å². The second-order valence-corrected chi connectivity index (χ2v) is 10.5. The summed E-state index contributed by atoms with van der Waals surface area (Å²) in [5, 5.41) is 0. The van der Waals surface area contributed by atoms with Crippen molar-refractivity contribution in [2.45, 2.75) is 53.4 Å². The van der Waals surface area contributed by atoms with E-state index in [0.29, 0.717) is 0 Å². The van der Waals surface area contributed by atoms with E-state index in [-0.39, 0.29) is 0 Å². The van der Waals surface area contributed by atoms with Crippen molar-refractivity contribution in [3.8, 4) is 0 Å². The average molecular weight is 308 g/mol. The summed E-state index contributed by atoms with van der Waals surface area (Å²) in [5.41, 5.74) is 0. The summed E-state index contributed by atoms with van der Waals surface area (Å²) in [6.07, 6.45) is 29.1. The predicted molar refractivity (Wildman–Crippen MR) is 106 cm³/mol. The predicted octanol–water partition coefficient (Wildman–Crippen LogP) is 6.60. The van der Waals surface area contributed by atoms with Gasteiger partial charge in [-0.1, -0.05) is 0 Å². The summed E-state index contributed by atoms with van der Waals surface area (Å²) in [6, 6.07) is 0. The number of allylic oxidation sites excluding steroid dienone is 8. The number of rotatable bonds is 12. The Balaban J connectivity index is 5.02. The summed E-state index contributed by atoms with van der Waals surface area (Å²) in [4.78, 5) is 0. The van der Waals surface area contributed by atoms with Gasteiger partial charge in [-0.05, 0) is 0 Å². The Morgan fingerprint density at radius 2 is 0.667 bits per heavy atom. The molecule has 0 unspecified atom stereocenters. The van der Waals surface area contributed by atoms with Crippen LogP contribution >= 0.6 is 7.26 Å². The minimum absolute atomic E-state index is 1.16. The van der Waals surface area contributed by atoms with Crippen molar-refractivity contribution in [3.63, 3.8) is 0 Å². The third kappa shape index (κ3) is 10.7. The van der Waals surface area contributed by atoms with E-state index in [2.05, 4.69) is 76.3 Å². The molecule has 122 valence electrons. The van der Waals surface area contributed by atoms with Gasteiger partial charge in [0.05, 0.1) is 0 Å². The van der Waals surface area contributed by atoms with Crippen LogP contribution in [0.2, 0.25) is 0 Å². The van der Waals surface area contributed by atoms with E-state index < -0.39 is 7.26 Å². The zero-order chi connectivity index (χ0) is 15.8. The van der Waals surface area contributed by atoms with Crippen LogP contribution in [0.5, 0.6) is 0 Å². The van der Waals surface area contributed by atoms with Crippen LogP contribution in [0.1, 0.15) is 53.4 Å². The van der Waals surface area contributed by atoms with E-state index in [9.17, 15) is 0 Å². The first-order valence-corrected chi connectivity index (χ1v) is 11.7. The Kier molecular flexibility index (Phi) is 13.9. The van der Waals surface area contributed by atoms with Gasteiger partial charge in [0.1, 0.15) is 0 Å². The van der Waals surface area contributed by atoms with Crippen molar-refractivity contribution >= 4 is 7.26 Å². The molecule has 0 fully saturated rings. The monoisotopic (exact) mass is 308 g/mol. The Bertz CT molecular complexity index is 264. The molecule has 0 amide bonds. The zero-order valence-corrected chi connectivity index (χ0v) is 15.8. The van der Waals surface area contributed by atoms with Crippen LogP contribution in [0.4, 0.5) is 0 Å². The molecule has 0 nitrogen and oxygen atoms in total. The fourth-order valence-electron chi connectivity index (χ4n) is 2.50. The van der Waals surface area contributed by atoms with Gasteiger partial charge in [-0.3, -0.25) is 0 Å². The third-order valence-corrected chi connectivity index (χ3v) is 8.22. The molecule has 21 heavy (non-hydrogen) atoms. The maximum atomic E-state index is 2.45. The molecule has 0 saturated heterocycles. The van der Waals surface area contributed by atoms with Gasteiger partial charge in [0, 0.05) is 0 Å². The molecular formula is C20H37P. The van der Waals surface area contributed by atoms with Gasteiger partial charge >= 0.3 is 134 Å². The molecule has 0 aromatic heterocycles. The summed E-state index contributed by atoms with van der Waals surface area (Å²) in [7, 11) is -1.29. The van der Waals surface area contributed by atoms with Gasteiger partial charge in [0.15, 0.2) is 0 Å². The van der Waals surface area contributed by atoms with Crippen LogP contribution in [0.3, 0.4) is 0 Å². The topological polar surface area (TPSA) is 0 Å². The molecule has 0 saturated carbocycles. The molecule has 0 heterocycles. The first-order chi connectivity index (χ1) is 10.2. The van der Waals surface area contributed by atoms with Gasteiger partial charge in [-0.15, -0.1) is 0 Å². The first-order valence-electron chi connectivity index (χ1n) is 8.84. The molecule has 0 rings (SSSR count). The fraction of sp³-hybridized carbons (Fsp3) is 0.600. The molecule has 0 aliphatic carbocycles. The first kappa shape index (κ1) is 20.4. The van der Waals surface area contributed by atoms with Crippen LogP contribution in [-0.4, -0.2) is 24.6 Å². The molecule has 1 heteroatoms. The van der Waals surface area contributed by atoms with Crippen LogP contribution in [-0.2, 0) is 0 Å². The molecule has 0 aliphatic heterocycles. The van der Waals surface area contributed by atoms with Gasteiger partial charge < -0.3 is 0 Å². The third-order valence-electron chi connectivity index (χ3n) is 3.81. The molecule has 0 aliphatic rings. The van der Waals surface area contributed by atoms with Crippen molar-refractivity contribution in [1.82, 2.24) is 0 Å². The SMILES string of the molecule is CCC=CC[PH](CC=CCC)(CC=CCC)CC=CCC. The number of hydrogen-bond acceptors (Lipinski definition) is 0. The van der Waals surface area contributed by atoms with Gasteiger partial charge in [0.2, 0.25) is 0 Å². The van der Waals surface area contributed by atoms with E-state index in [1.165, 1.54) is 24.6 Å². The van der Waals surface area contributed by atoms with E-state index in [1.807, 2.05) is 0 Å². The second-order valence-electron chi connectivity index (χ2n) is 5.84. The molecule has 0 bridgehead atoms. The van der Waals surface area contributed by atoms with Gasteiger partial charge in [-0.2, -0.15) is 0 Å². The minimum atomic E-state index is -1.29. The Labute approximate surface area is 134 Å². The summed E-state index contributed by atoms with van der Waals surface area (Å²) >= 11 is 0. The molecule has 0 aromatic carbocycles.